The average molecular weight is 715 g/mol. The number of methoxy groups -OCH3 is 1. The number of thiazole rings is 1. The van der Waals surface area contributed by atoms with Crippen LogP contribution in [0.15, 0.2) is 70.0 Å². The van der Waals surface area contributed by atoms with Gasteiger partial charge in [0, 0.05) is 31.6 Å². The molecule has 15 heteroatoms. The van der Waals surface area contributed by atoms with E-state index in [1.165, 1.54) is 46.0 Å². The van der Waals surface area contributed by atoms with Gasteiger partial charge >= 0.3 is 6.03 Å². The number of hydrogen-bond acceptors (Lipinski definition) is 10. The number of oxime groups is 1. The third kappa shape index (κ3) is 9.78. The second kappa shape index (κ2) is 17.1. The predicted octanol–water partition coefficient (Wildman–Crippen LogP) is 3.66. The zero-order chi connectivity index (χ0) is 35.7. The Morgan fingerprint density at radius 1 is 1.10 bits per heavy atom. The fourth-order valence-corrected chi connectivity index (χ4v) is 8.12. The Kier molecular flexibility index (Phi) is 13.1. The molecule has 0 saturated carbocycles. The van der Waals surface area contributed by atoms with E-state index in [1.54, 1.807) is 22.4 Å². The average Bonchev–Trinajstić information content (AvgIpc) is 3.66. The minimum Gasteiger partial charge on any atom is -0.497 e. The molecule has 2 heterocycles. The first-order chi connectivity index (χ1) is 23.3. The monoisotopic (exact) mass is 714 g/mol. The lowest BCUT2D eigenvalue weighted by Gasteiger charge is -2.34. The van der Waals surface area contributed by atoms with Crippen molar-refractivity contribution in [1.29, 1.82) is 0 Å². The van der Waals surface area contributed by atoms with Crippen LogP contribution in [0.25, 0.3) is 0 Å². The minimum atomic E-state index is -4.01. The molecule has 0 radical (unpaired) electrons. The molecular formula is C34H46N6O7S2. The van der Waals surface area contributed by atoms with Crippen molar-refractivity contribution < 1.29 is 33.1 Å². The third-order valence-corrected chi connectivity index (χ3v) is 10.9. The van der Waals surface area contributed by atoms with E-state index in [1.807, 2.05) is 58.0 Å². The van der Waals surface area contributed by atoms with Crippen molar-refractivity contribution in [3.8, 4) is 5.75 Å². The topological polar surface area (TPSA) is 165 Å². The Morgan fingerprint density at radius 2 is 1.80 bits per heavy atom. The van der Waals surface area contributed by atoms with Gasteiger partial charge in [0.05, 0.1) is 36.4 Å². The largest absolute Gasteiger partial charge is 0.497 e. The van der Waals surface area contributed by atoms with Gasteiger partial charge in [0.1, 0.15) is 23.0 Å². The van der Waals surface area contributed by atoms with E-state index in [9.17, 15) is 23.1 Å². The Hall–Kier alpha value is -4.05. The highest BCUT2D eigenvalue weighted by molar-refractivity contribution is 7.89. The van der Waals surface area contributed by atoms with Crippen LogP contribution >= 0.6 is 11.3 Å². The summed E-state index contributed by atoms with van der Waals surface area (Å²) in [6.07, 6.45) is 0.179. The van der Waals surface area contributed by atoms with Gasteiger partial charge in [0.15, 0.2) is 0 Å². The number of carbonyl (C=O) groups excluding carboxylic acids is 2. The number of nitrogens with one attached hydrogen (secondary N) is 1. The van der Waals surface area contributed by atoms with Gasteiger partial charge in [0.2, 0.25) is 15.9 Å². The van der Waals surface area contributed by atoms with Gasteiger partial charge in [-0.05, 0) is 48.1 Å². The molecule has 13 nitrogen and oxygen atoms in total. The lowest BCUT2D eigenvalue weighted by atomic mass is 9.97. The highest BCUT2D eigenvalue weighted by atomic mass is 32.2. The number of aliphatic hydroxyl groups excluding tert-OH is 1. The van der Waals surface area contributed by atoms with Crippen LogP contribution in [-0.4, -0.2) is 107 Å². The van der Waals surface area contributed by atoms with Crippen LogP contribution in [0.1, 0.15) is 44.0 Å². The molecule has 1 saturated heterocycles. The van der Waals surface area contributed by atoms with Crippen molar-refractivity contribution in [2.24, 2.45) is 17.0 Å². The molecule has 3 amide bonds. The molecule has 0 spiro atoms. The molecule has 3 aromatic rings. The van der Waals surface area contributed by atoms with E-state index in [4.69, 9.17) is 9.94 Å². The minimum absolute atomic E-state index is 0.0458. The zero-order valence-corrected chi connectivity index (χ0v) is 30.1. The summed E-state index contributed by atoms with van der Waals surface area (Å²) in [6.45, 7) is 8.34. The summed E-state index contributed by atoms with van der Waals surface area (Å²) in [7, 11) is -2.51. The normalized spacial score (nSPS) is 15.8. The van der Waals surface area contributed by atoms with Crippen LogP contribution in [0.4, 0.5) is 4.79 Å². The fourth-order valence-electron chi connectivity index (χ4n) is 5.84. The molecule has 4 rings (SSSR count). The maximum Gasteiger partial charge on any atom is 0.321 e. The highest BCUT2D eigenvalue weighted by Crippen LogP contribution is 2.24. The van der Waals surface area contributed by atoms with Gasteiger partial charge in [-0.15, -0.1) is 11.3 Å². The number of hydrogen-bond donors (Lipinski definition) is 3. The summed E-state index contributed by atoms with van der Waals surface area (Å²) in [4.78, 5) is 35.2. The lowest BCUT2D eigenvalue weighted by molar-refractivity contribution is -0.128. The summed E-state index contributed by atoms with van der Waals surface area (Å²) in [5.74, 6) is -0.230. The molecule has 1 aliphatic heterocycles. The number of rotatable bonds is 17. The first kappa shape index (κ1) is 37.8. The number of aromatic nitrogens is 1. The van der Waals surface area contributed by atoms with Crippen LogP contribution in [0.3, 0.4) is 0 Å². The van der Waals surface area contributed by atoms with Gasteiger partial charge in [-0.3, -0.25) is 4.79 Å². The molecule has 49 heavy (non-hydrogen) atoms. The summed E-state index contributed by atoms with van der Waals surface area (Å²) >= 11 is 1.29. The molecule has 3 atom stereocenters. The van der Waals surface area contributed by atoms with Crippen molar-refractivity contribution in [3.63, 3.8) is 0 Å². The molecule has 0 bridgehead atoms. The van der Waals surface area contributed by atoms with Gasteiger partial charge < -0.3 is 30.2 Å². The van der Waals surface area contributed by atoms with Crippen molar-refractivity contribution in [2.45, 2.75) is 63.7 Å². The van der Waals surface area contributed by atoms with E-state index < -0.39 is 34.1 Å². The standard InChI is InChI=1S/C34H46N6O7S2/c1-23(2)19-39(49(45,46)28-13-11-27(47-5)12-14-28)21-30(41)29(17-25-9-7-6-8-10-25)37-33(42)32(24(3)4)40-16-15-38(34(40)43)20-26-22-48-31(36-26)18-35-44/h6-14,18,22-24,29-30,32,41,44H,15-17,19-21H2,1-5H3,(H,37,42)/t29-,30-,32-/m0/s1. The van der Waals surface area contributed by atoms with E-state index in [2.05, 4.69) is 15.5 Å². The SMILES string of the molecule is COc1ccc(S(=O)(=O)N(CC(C)C)C[C@H](O)[C@H](Cc2ccccc2)NC(=O)[C@H](C(C)C)N2CCN(Cc3csc(C=NO)n3)C2=O)cc1. The van der Waals surface area contributed by atoms with Crippen molar-refractivity contribution in [1.82, 2.24) is 24.4 Å². The quantitative estimate of drug-likeness (QED) is 0.108. The maximum absolute atomic E-state index is 14.1. The first-order valence-corrected chi connectivity index (χ1v) is 18.5. The smallest absolute Gasteiger partial charge is 0.321 e. The number of sulfonamides is 1. The number of aliphatic hydroxyl groups is 1. The molecule has 266 valence electrons. The van der Waals surface area contributed by atoms with Gasteiger partial charge in [-0.2, -0.15) is 4.31 Å². The Balaban J connectivity index is 1.55. The number of benzene rings is 2. The zero-order valence-electron chi connectivity index (χ0n) is 28.5. The van der Waals surface area contributed by atoms with Gasteiger partial charge in [-0.1, -0.05) is 63.2 Å². The first-order valence-electron chi connectivity index (χ1n) is 16.2. The van der Waals surface area contributed by atoms with Crippen LogP contribution in [0.2, 0.25) is 0 Å². The van der Waals surface area contributed by atoms with Gasteiger partial charge in [0.25, 0.3) is 0 Å². The lowest BCUT2D eigenvalue weighted by Crippen LogP contribution is -2.57. The molecular weight excluding hydrogens is 669 g/mol. The summed E-state index contributed by atoms with van der Waals surface area (Å²) < 4.78 is 34.1. The molecule has 1 fully saturated rings. The van der Waals surface area contributed by atoms with Crippen LogP contribution in [-0.2, 0) is 27.8 Å². The summed E-state index contributed by atoms with van der Waals surface area (Å²) in [5.41, 5.74) is 1.49. The van der Waals surface area contributed by atoms with E-state index in [0.717, 1.165) is 5.56 Å². The number of carbonyl (C=O) groups is 2. The Labute approximate surface area is 292 Å². The van der Waals surface area contributed by atoms with Crippen LogP contribution in [0.5, 0.6) is 5.75 Å². The molecule has 3 N–H and O–H groups in total. The Morgan fingerprint density at radius 3 is 2.41 bits per heavy atom. The van der Waals surface area contributed by atoms with E-state index in [0.29, 0.717) is 29.5 Å². The molecule has 2 aromatic carbocycles. The van der Waals surface area contributed by atoms with E-state index in [-0.39, 0.29) is 48.8 Å². The molecule has 0 aliphatic carbocycles. The molecule has 1 aromatic heterocycles. The van der Waals surface area contributed by atoms with E-state index >= 15 is 0 Å². The van der Waals surface area contributed by atoms with Gasteiger partial charge in [-0.25, -0.2) is 18.2 Å². The third-order valence-electron chi connectivity index (χ3n) is 8.20. The summed E-state index contributed by atoms with van der Waals surface area (Å²) in [5, 5.41) is 28.8. The fraction of sp³-hybridized carbons (Fsp3) is 0.471. The molecule has 0 unspecified atom stereocenters. The maximum atomic E-state index is 14.1. The van der Waals surface area contributed by atoms with Crippen LogP contribution in [0, 0.1) is 11.8 Å². The Bertz CT molecular complexity index is 1670. The molecule has 1 aliphatic rings. The second-order valence-electron chi connectivity index (χ2n) is 12.8. The number of amides is 3. The van der Waals surface area contributed by atoms with Crippen LogP contribution < -0.4 is 10.1 Å². The predicted molar refractivity (Wildman–Crippen MR) is 187 cm³/mol. The number of ether oxygens (including phenoxy) is 1. The van der Waals surface area contributed by atoms with Crippen molar-refractivity contribution in [2.75, 3.05) is 33.3 Å². The number of nitrogens with zero attached hydrogens (tertiary/aromatic N) is 5. The number of urea groups is 1. The summed E-state index contributed by atoms with van der Waals surface area (Å²) in [6, 6.07) is 13.4. The van der Waals surface area contributed by atoms with Crippen molar-refractivity contribution >= 4 is 39.5 Å². The van der Waals surface area contributed by atoms with Crippen molar-refractivity contribution in [3.05, 3.63) is 76.2 Å². The highest BCUT2D eigenvalue weighted by Gasteiger charge is 2.40. The second-order valence-corrected chi connectivity index (χ2v) is 15.6.